The van der Waals surface area contributed by atoms with Crippen LogP contribution < -0.4 is 14.8 Å². The number of anilines is 1. The Morgan fingerprint density at radius 2 is 1.74 bits per heavy atom. The number of amides is 3. The zero-order chi connectivity index (χ0) is 28.2. The van der Waals surface area contributed by atoms with Gasteiger partial charge in [0, 0.05) is 32.4 Å². The second kappa shape index (κ2) is 14.8. The molecular formula is C29H36FN3O6. The second-order valence-electron chi connectivity index (χ2n) is 8.86. The molecule has 3 amide bonds. The molecule has 3 aromatic rings. The second-order valence-corrected chi connectivity index (χ2v) is 8.86. The Morgan fingerprint density at radius 3 is 2.38 bits per heavy atom. The van der Waals surface area contributed by atoms with Crippen molar-refractivity contribution < 1.29 is 32.6 Å². The average molecular weight is 542 g/mol. The van der Waals surface area contributed by atoms with E-state index in [-0.39, 0.29) is 31.4 Å². The van der Waals surface area contributed by atoms with E-state index in [0.29, 0.717) is 49.1 Å². The van der Waals surface area contributed by atoms with Gasteiger partial charge in [-0.25, -0.2) is 9.18 Å². The van der Waals surface area contributed by atoms with Gasteiger partial charge in [-0.1, -0.05) is 12.1 Å². The summed E-state index contributed by atoms with van der Waals surface area (Å²) >= 11 is 0. The molecule has 0 atom stereocenters. The number of halogens is 1. The Balaban J connectivity index is 1.80. The third kappa shape index (κ3) is 9.03. The maximum absolute atomic E-state index is 13.6. The van der Waals surface area contributed by atoms with Crippen LogP contribution in [0.4, 0.5) is 14.9 Å². The Kier molecular flexibility index (Phi) is 11.2. The van der Waals surface area contributed by atoms with Crippen LogP contribution in [-0.2, 0) is 22.6 Å². The molecule has 0 saturated carbocycles. The van der Waals surface area contributed by atoms with Gasteiger partial charge in [0.15, 0.2) is 0 Å². The summed E-state index contributed by atoms with van der Waals surface area (Å²) in [5.74, 6) is 1.70. The van der Waals surface area contributed by atoms with Gasteiger partial charge in [0.05, 0.1) is 26.5 Å². The highest BCUT2D eigenvalue weighted by atomic mass is 19.1. The molecule has 1 aromatic heterocycles. The predicted molar refractivity (Wildman–Crippen MR) is 145 cm³/mol. The summed E-state index contributed by atoms with van der Waals surface area (Å²) in [5, 5.41) is 2.84. The van der Waals surface area contributed by atoms with Gasteiger partial charge in [0.1, 0.15) is 35.4 Å². The summed E-state index contributed by atoms with van der Waals surface area (Å²) in [6.07, 6.45) is 0.545. The number of ether oxygens (including phenoxy) is 3. The minimum atomic E-state index is -0.459. The highest BCUT2D eigenvalue weighted by Crippen LogP contribution is 2.29. The monoisotopic (exact) mass is 541 g/mol. The van der Waals surface area contributed by atoms with Crippen molar-refractivity contribution >= 4 is 17.6 Å². The van der Waals surface area contributed by atoms with Crippen molar-refractivity contribution in [3.05, 3.63) is 77.5 Å². The normalized spacial score (nSPS) is 10.7. The number of benzene rings is 2. The van der Waals surface area contributed by atoms with E-state index >= 15 is 0 Å². The Morgan fingerprint density at radius 1 is 0.974 bits per heavy atom. The van der Waals surface area contributed by atoms with Gasteiger partial charge in [0.25, 0.3) is 0 Å². The molecule has 9 nitrogen and oxygen atoms in total. The first-order chi connectivity index (χ1) is 18.8. The quantitative estimate of drug-likeness (QED) is 0.281. The van der Waals surface area contributed by atoms with Crippen LogP contribution in [0.5, 0.6) is 11.5 Å². The molecule has 3 rings (SSSR count). The number of nitrogens with one attached hydrogen (secondary N) is 1. The molecule has 2 aromatic carbocycles. The number of nitrogens with zero attached hydrogens (tertiary/aromatic N) is 2. The average Bonchev–Trinajstić information content (AvgIpc) is 3.35. The lowest BCUT2D eigenvalue weighted by Crippen LogP contribution is -2.44. The van der Waals surface area contributed by atoms with E-state index in [1.807, 2.05) is 26.0 Å². The Hall–Kier alpha value is -4.05. The fraction of sp³-hybridized carbons (Fsp3) is 0.379. The molecule has 1 heterocycles. The zero-order valence-corrected chi connectivity index (χ0v) is 22.9. The van der Waals surface area contributed by atoms with Gasteiger partial charge < -0.3 is 33.7 Å². The number of furan rings is 1. The standard InChI is InChI=1S/C29H36FN3O6/c1-5-38-16-6-15-32(29(35)31-26-14-13-24(36-3)17-27(26)37-4)20-28(34)33(19-25-12-7-21(2)39-25)18-22-8-10-23(30)11-9-22/h7-14,17H,5-6,15-16,18-20H2,1-4H3,(H,31,35). The molecule has 210 valence electrons. The van der Waals surface area contributed by atoms with Crippen molar-refractivity contribution in [1.82, 2.24) is 9.80 Å². The zero-order valence-electron chi connectivity index (χ0n) is 22.9. The predicted octanol–water partition coefficient (Wildman–Crippen LogP) is 5.23. The summed E-state index contributed by atoms with van der Waals surface area (Å²) in [5.41, 5.74) is 1.20. The first-order valence-electron chi connectivity index (χ1n) is 12.8. The molecule has 39 heavy (non-hydrogen) atoms. The number of hydrogen-bond acceptors (Lipinski definition) is 6. The van der Waals surface area contributed by atoms with Gasteiger partial charge in [0.2, 0.25) is 5.91 Å². The smallest absolute Gasteiger partial charge is 0.322 e. The van der Waals surface area contributed by atoms with E-state index in [0.717, 1.165) is 11.3 Å². The first kappa shape index (κ1) is 29.5. The fourth-order valence-corrected chi connectivity index (χ4v) is 3.91. The van der Waals surface area contributed by atoms with Gasteiger partial charge in [-0.2, -0.15) is 0 Å². The van der Waals surface area contributed by atoms with Gasteiger partial charge in [-0.3, -0.25) is 4.79 Å². The molecule has 0 fully saturated rings. The topological polar surface area (TPSA) is 93.5 Å². The molecule has 0 unspecified atom stereocenters. The van der Waals surface area contributed by atoms with Crippen LogP contribution in [0.25, 0.3) is 0 Å². The summed E-state index contributed by atoms with van der Waals surface area (Å²) in [4.78, 5) is 30.0. The van der Waals surface area contributed by atoms with Crippen molar-refractivity contribution in [2.45, 2.75) is 33.4 Å². The van der Waals surface area contributed by atoms with Crippen LogP contribution >= 0.6 is 0 Å². The van der Waals surface area contributed by atoms with Crippen LogP contribution in [0.1, 0.15) is 30.4 Å². The molecular weight excluding hydrogens is 505 g/mol. The largest absolute Gasteiger partial charge is 0.497 e. The molecule has 0 aliphatic heterocycles. The van der Waals surface area contributed by atoms with E-state index in [4.69, 9.17) is 18.6 Å². The number of rotatable bonds is 14. The highest BCUT2D eigenvalue weighted by molar-refractivity contribution is 5.93. The fourth-order valence-electron chi connectivity index (χ4n) is 3.91. The molecule has 0 spiro atoms. The van der Waals surface area contributed by atoms with Crippen molar-refractivity contribution in [1.29, 1.82) is 0 Å². The van der Waals surface area contributed by atoms with E-state index in [2.05, 4.69) is 5.32 Å². The first-order valence-corrected chi connectivity index (χ1v) is 12.8. The molecule has 0 aliphatic carbocycles. The number of urea groups is 1. The maximum Gasteiger partial charge on any atom is 0.322 e. The van der Waals surface area contributed by atoms with Gasteiger partial charge >= 0.3 is 6.03 Å². The summed E-state index contributed by atoms with van der Waals surface area (Å²) in [7, 11) is 3.04. The van der Waals surface area contributed by atoms with Crippen molar-refractivity contribution in [2.24, 2.45) is 0 Å². The van der Waals surface area contributed by atoms with Crippen LogP contribution in [0.2, 0.25) is 0 Å². The number of aryl methyl sites for hydroxylation is 1. The van der Waals surface area contributed by atoms with Gasteiger partial charge in [-0.05, 0) is 62.2 Å². The van der Waals surface area contributed by atoms with Crippen LogP contribution in [-0.4, -0.2) is 62.3 Å². The number of methoxy groups -OCH3 is 2. The minimum absolute atomic E-state index is 0.183. The lowest BCUT2D eigenvalue weighted by Gasteiger charge is -2.28. The third-order valence-corrected chi connectivity index (χ3v) is 5.97. The van der Waals surface area contributed by atoms with E-state index < -0.39 is 6.03 Å². The van der Waals surface area contributed by atoms with Crippen molar-refractivity contribution in [3.63, 3.8) is 0 Å². The molecule has 0 saturated heterocycles. The lowest BCUT2D eigenvalue weighted by atomic mass is 10.2. The maximum atomic E-state index is 13.6. The van der Waals surface area contributed by atoms with E-state index in [9.17, 15) is 14.0 Å². The summed E-state index contributed by atoms with van der Waals surface area (Å²) in [6.45, 7) is 5.26. The number of hydrogen-bond donors (Lipinski definition) is 1. The molecule has 0 bridgehead atoms. The Bertz CT molecular complexity index is 1210. The third-order valence-electron chi connectivity index (χ3n) is 5.97. The van der Waals surface area contributed by atoms with E-state index in [1.165, 1.54) is 24.1 Å². The van der Waals surface area contributed by atoms with Crippen molar-refractivity contribution in [2.75, 3.05) is 45.8 Å². The van der Waals surface area contributed by atoms with Crippen LogP contribution in [0.15, 0.2) is 59.0 Å². The van der Waals surface area contributed by atoms with Crippen LogP contribution in [0.3, 0.4) is 0 Å². The van der Waals surface area contributed by atoms with Crippen LogP contribution in [0, 0.1) is 12.7 Å². The highest BCUT2D eigenvalue weighted by Gasteiger charge is 2.23. The van der Waals surface area contributed by atoms with E-state index in [1.54, 1.807) is 42.3 Å². The van der Waals surface area contributed by atoms with Crippen molar-refractivity contribution in [3.8, 4) is 11.5 Å². The molecule has 1 N–H and O–H groups in total. The van der Waals surface area contributed by atoms with Gasteiger partial charge in [-0.15, -0.1) is 0 Å². The minimum Gasteiger partial charge on any atom is -0.497 e. The number of carbonyl (C=O) groups is 2. The molecule has 0 radical (unpaired) electrons. The summed E-state index contributed by atoms with van der Waals surface area (Å²) in [6, 6.07) is 14.2. The lowest BCUT2D eigenvalue weighted by molar-refractivity contribution is -0.133. The SMILES string of the molecule is CCOCCCN(CC(=O)N(Cc1ccc(F)cc1)Cc1ccc(C)o1)C(=O)Nc1ccc(OC)cc1OC. The molecule has 10 heteroatoms. The summed E-state index contributed by atoms with van der Waals surface area (Å²) < 4.78 is 35.2. The Labute approximate surface area is 228 Å². The number of carbonyl (C=O) groups excluding carboxylic acids is 2. The molecule has 0 aliphatic rings.